The van der Waals surface area contributed by atoms with E-state index >= 15 is 0 Å². The van der Waals surface area contributed by atoms with Crippen LogP contribution in [0.2, 0.25) is 5.15 Å². The van der Waals surface area contributed by atoms with Crippen LogP contribution in [-0.2, 0) is 4.74 Å². The number of carbonyl (C=O) groups excluding carboxylic acids is 1. The van der Waals surface area contributed by atoms with Gasteiger partial charge in [0.1, 0.15) is 22.9 Å². The zero-order valence-corrected chi connectivity index (χ0v) is 10.4. The van der Waals surface area contributed by atoms with Crippen molar-refractivity contribution in [3.63, 3.8) is 0 Å². The monoisotopic (exact) mass is 243 g/mol. The Morgan fingerprint density at radius 3 is 2.62 bits per heavy atom. The van der Waals surface area contributed by atoms with Gasteiger partial charge < -0.3 is 4.74 Å². The lowest BCUT2D eigenvalue weighted by molar-refractivity contribution is 0.0635. The van der Waals surface area contributed by atoms with Gasteiger partial charge in [-0.3, -0.25) is 5.32 Å². The molecule has 0 atom stereocenters. The molecule has 1 aromatic heterocycles. The fraction of sp³-hybridized carbons (Fsp3) is 0.500. The Kier molecular flexibility index (Phi) is 3.70. The van der Waals surface area contributed by atoms with Crippen molar-refractivity contribution in [3.8, 4) is 0 Å². The first-order valence-corrected chi connectivity index (χ1v) is 5.14. The van der Waals surface area contributed by atoms with E-state index in [1.807, 2.05) is 0 Å². The second kappa shape index (κ2) is 4.65. The van der Waals surface area contributed by atoms with Crippen molar-refractivity contribution >= 4 is 23.5 Å². The number of aromatic nitrogens is 2. The van der Waals surface area contributed by atoms with E-state index in [1.54, 1.807) is 27.7 Å². The molecular formula is C10H14ClN3O2. The molecule has 1 N–H and O–H groups in total. The van der Waals surface area contributed by atoms with E-state index in [0.29, 0.717) is 16.5 Å². The largest absolute Gasteiger partial charge is 0.444 e. The van der Waals surface area contributed by atoms with Crippen LogP contribution in [0.3, 0.4) is 0 Å². The Balaban J connectivity index is 2.74. The zero-order valence-electron chi connectivity index (χ0n) is 9.67. The van der Waals surface area contributed by atoms with Gasteiger partial charge in [-0.25, -0.2) is 14.8 Å². The predicted molar refractivity (Wildman–Crippen MR) is 61.6 cm³/mol. The van der Waals surface area contributed by atoms with Crippen LogP contribution in [0.1, 0.15) is 26.3 Å². The molecule has 1 amide bonds. The Morgan fingerprint density at radius 2 is 2.06 bits per heavy atom. The molecule has 0 bridgehead atoms. The van der Waals surface area contributed by atoms with E-state index in [1.165, 1.54) is 6.33 Å². The molecule has 0 aliphatic rings. The third-order valence-electron chi connectivity index (χ3n) is 1.64. The van der Waals surface area contributed by atoms with Crippen LogP contribution in [-0.4, -0.2) is 21.7 Å². The first kappa shape index (κ1) is 12.7. The zero-order chi connectivity index (χ0) is 12.3. The second-order valence-corrected chi connectivity index (χ2v) is 4.62. The van der Waals surface area contributed by atoms with E-state index in [-0.39, 0.29) is 0 Å². The number of ether oxygens (including phenoxy) is 1. The number of nitrogens with one attached hydrogen (secondary N) is 1. The maximum absolute atomic E-state index is 11.5. The Labute approximate surface area is 99.2 Å². The van der Waals surface area contributed by atoms with Gasteiger partial charge in [0.2, 0.25) is 0 Å². The maximum atomic E-state index is 11.5. The van der Waals surface area contributed by atoms with Crippen LogP contribution < -0.4 is 5.32 Å². The molecular weight excluding hydrogens is 230 g/mol. The van der Waals surface area contributed by atoms with Crippen molar-refractivity contribution in [2.75, 3.05) is 5.32 Å². The molecule has 88 valence electrons. The van der Waals surface area contributed by atoms with Crippen molar-refractivity contribution in [1.29, 1.82) is 0 Å². The molecule has 6 heteroatoms. The average molecular weight is 244 g/mol. The molecule has 0 unspecified atom stereocenters. The quantitative estimate of drug-likeness (QED) is 0.771. The number of hydrogen-bond donors (Lipinski definition) is 1. The molecule has 0 fully saturated rings. The first-order chi connectivity index (χ1) is 7.29. The molecule has 0 saturated carbocycles. The van der Waals surface area contributed by atoms with Gasteiger partial charge in [0.25, 0.3) is 0 Å². The fourth-order valence-corrected chi connectivity index (χ4v) is 1.09. The molecule has 0 aliphatic heterocycles. The predicted octanol–water partition coefficient (Wildman–Crippen LogP) is 2.79. The van der Waals surface area contributed by atoms with Crippen LogP contribution in [0.15, 0.2) is 6.33 Å². The lowest BCUT2D eigenvalue weighted by atomic mass is 10.2. The summed E-state index contributed by atoms with van der Waals surface area (Å²) in [5, 5.41) is 2.82. The van der Waals surface area contributed by atoms with Crippen molar-refractivity contribution in [2.45, 2.75) is 33.3 Å². The van der Waals surface area contributed by atoms with Gasteiger partial charge in [0.05, 0.1) is 0 Å². The number of hydrogen-bond acceptors (Lipinski definition) is 4. The lowest BCUT2D eigenvalue weighted by Gasteiger charge is -2.19. The van der Waals surface area contributed by atoms with Gasteiger partial charge in [-0.2, -0.15) is 0 Å². The van der Waals surface area contributed by atoms with Crippen molar-refractivity contribution in [2.24, 2.45) is 0 Å². The number of amides is 1. The smallest absolute Gasteiger partial charge is 0.413 e. The summed E-state index contributed by atoms with van der Waals surface area (Å²) in [6.07, 6.45) is 0.715. The summed E-state index contributed by atoms with van der Waals surface area (Å²) in [5.41, 5.74) is 0.0597. The van der Waals surface area contributed by atoms with Gasteiger partial charge in [-0.1, -0.05) is 11.6 Å². The van der Waals surface area contributed by atoms with Crippen LogP contribution in [0.4, 0.5) is 10.6 Å². The van der Waals surface area contributed by atoms with E-state index < -0.39 is 11.7 Å². The van der Waals surface area contributed by atoms with Crippen molar-refractivity contribution < 1.29 is 9.53 Å². The normalized spacial score (nSPS) is 11.1. The van der Waals surface area contributed by atoms with Gasteiger partial charge in [0.15, 0.2) is 0 Å². The summed E-state index contributed by atoms with van der Waals surface area (Å²) >= 11 is 5.79. The minimum Gasteiger partial charge on any atom is -0.444 e. The van der Waals surface area contributed by atoms with Crippen LogP contribution in [0.5, 0.6) is 0 Å². The van der Waals surface area contributed by atoms with Crippen LogP contribution in [0, 0.1) is 6.92 Å². The molecule has 0 aromatic carbocycles. The molecule has 1 aromatic rings. The van der Waals surface area contributed by atoms with Crippen molar-refractivity contribution in [1.82, 2.24) is 9.97 Å². The van der Waals surface area contributed by atoms with Gasteiger partial charge in [-0.15, -0.1) is 0 Å². The Hall–Kier alpha value is -1.36. The molecule has 1 heterocycles. The van der Waals surface area contributed by atoms with Gasteiger partial charge in [-0.05, 0) is 27.7 Å². The summed E-state index contributed by atoms with van der Waals surface area (Å²) < 4.78 is 5.08. The molecule has 0 radical (unpaired) electrons. The Morgan fingerprint density at radius 1 is 1.44 bits per heavy atom. The third-order valence-corrected chi connectivity index (χ3v) is 2.02. The average Bonchev–Trinajstić information content (AvgIpc) is 2.09. The van der Waals surface area contributed by atoms with Crippen LogP contribution >= 0.6 is 11.6 Å². The van der Waals surface area contributed by atoms with E-state index in [0.717, 1.165) is 0 Å². The summed E-state index contributed by atoms with van der Waals surface area (Å²) in [6, 6.07) is 0. The number of carbonyl (C=O) groups is 1. The number of nitrogens with zero attached hydrogens (tertiary/aromatic N) is 2. The standard InChI is InChI=1S/C10H14ClN3O2/c1-6-7(11)12-5-13-8(6)14-9(15)16-10(2,3)4/h5H,1-4H3,(H,12,13,14,15). The molecule has 5 nitrogen and oxygen atoms in total. The highest BCUT2D eigenvalue weighted by Gasteiger charge is 2.17. The van der Waals surface area contributed by atoms with E-state index in [9.17, 15) is 4.79 Å². The fourth-order valence-electron chi connectivity index (χ4n) is 0.955. The molecule has 1 rings (SSSR count). The van der Waals surface area contributed by atoms with Crippen molar-refractivity contribution in [3.05, 3.63) is 17.0 Å². The summed E-state index contributed by atoms with van der Waals surface area (Å²) in [5.74, 6) is 0.356. The van der Waals surface area contributed by atoms with Gasteiger partial charge >= 0.3 is 6.09 Å². The van der Waals surface area contributed by atoms with E-state index in [2.05, 4.69) is 15.3 Å². The molecule has 16 heavy (non-hydrogen) atoms. The number of halogens is 1. The maximum Gasteiger partial charge on any atom is 0.413 e. The molecule has 0 saturated heterocycles. The number of rotatable bonds is 1. The number of anilines is 1. The SMILES string of the molecule is Cc1c(Cl)ncnc1NC(=O)OC(C)(C)C. The Bertz CT molecular complexity index is 402. The highest BCUT2D eigenvalue weighted by atomic mass is 35.5. The minimum atomic E-state index is -0.564. The first-order valence-electron chi connectivity index (χ1n) is 4.76. The summed E-state index contributed by atoms with van der Waals surface area (Å²) in [7, 11) is 0. The third kappa shape index (κ3) is 3.66. The summed E-state index contributed by atoms with van der Waals surface area (Å²) in [4.78, 5) is 19.1. The minimum absolute atomic E-state index is 0.307. The second-order valence-electron chi connectivity index (χ2n) is 4.26. The van der Waals surface area contributed by atoms with E-state index in [4.69, 9.17) is 16.3 Å². The topological polar surface area (TPSA) is 64.1 Å². The highest BCUT2D eigenvalue weighted by molar-refractivity contribution is 6.30. The molecule has 0 spiro atoms. The van der Waals surface area contributed by atoms with Gasteiger partial charge in [0, 0.05) is 5.56 Å². The molecule has 0 aliphatic carbocycles. The highest BCUT2D eigenvalue weighted by Crippen LogP contribution is 2.18. The van der Waals surface area contributed by atoms with Crippen LogP contribution in [0.25, 0.3) is 0 Å². The summed E-state index contributed by atoms with van der Waals surface area (Å²) in [6.45, 7) is 7.07. The lowest BCUT2D eigenvalue weighted by Crippen LogP contribution is -2.27.